The number of hydrogen-bond acceptors (Lipinski definition) is 1. The molecule has 0 amide bonds. The summed E-state index contributed by atoms with van der Waals surface area (Å²) >= 11 is 3.34. The quantitative estimate of drug-likeness (QED) is 0.715. The molecule has 0 aliphatic heterocycles. The average Bonchev–Trinajstić information content (AvgIpc) is 1.91. The molecule has 0 saturated heterocycles. The van der Waals surface area contributed by atoms with Crippen LogP contribution in [0, 0.1) is 6.07 Å². The molecule has 1 radical (unpaired) electrons. The minimum atomic E-state index is -0.148. The van der Waals surface area contributed by atoms with Crippen LogP contribution in [-0.2, 0) is 0 Å². The van der Waals surface area contributed by atoms with Crippen molar-refractivity contribution in [2.75, 3.05) is 0 Å². The maximum Gasteiger partial charge on any atom is 0.128 e. The zero-order valence-corrected chi connectivity index (χ0v) is 9.10. The minimum Gasteiger partial charge on any atom is -0.488 e. The lowest BCUT2D eigenvalue weighted by Gasteiger charge is -2.20. The number of halogens is 1. The third-order valence-corrected chi connectivity index (χ3v) is 1.66. The number of rotatable bonds is 1. The average molecular weight is 228 g/mol. The normalized spacial score (nSPS) is 11.3. The topological polar surface area (TPSA) is 9.23 Å². The summed E-state index contributed by atoms with van der Waals surface area (Å²) in [6.45, 7) is 6.05. The largest absolute Gasteiger partial charge is 0.488 e. The molecule has 2 heteroatoms. The molecule has 1 aromatic rings. The Kier molecular flexibility index (Phi) is 2.78. The first-order valence-electron chi connectivity index (χ1n) is 3.84. The Labute approximate surface area is 81.9 Å². The molecule has 1 nitrogen and oxygen atoms in total. The summed E-state index contributed by atoms with van der Waals surface area (Å²) in [5.41, 5.74) is -0.148. The summed E-state index contributed by atoms with van der Waals surface area (Å²) in [4.78, 5) is 0. The smallest absolute Gasteiger partial charge is 0.128 e. The summed E-state index contributed by atoms with van der Waals surface area (Å²) in [6, 6.07) is 8.71. The van der Waals surface area contributed by atoms with Gasteiger partial charge < -0.3 is 4.74 Å². The fourth-order valence-corrected chi connectivity index (χ4v) is 1.03. The van der Waals surface area contributed by atoms with Gasteiger partial charge in [-0.05, 0) is 39.0 Å². The molecule has 0 spiro atoms. The van der Waals surface area contributed by atoms with Crippen molar-refractivity contribution in [3.05, 3.63) is 28.7 Å². The Hall–Kier alpha value is -0.500. The summed E-state index contributed by atoms with van der Waals surface area (Å²) in [7, 11) is 0. The molecule has 0 heterocycles. The third kappa shape index (κ3) is 3.26. The van der Waals surface area contributed by atoms with E-state index in [1.54, 1.807) is 0 Å². The second kappa shape index (κ2) is 3.48. The van der Waals surface area contributed by atoms with Crippen molar-refractivity contribution < 1.29 is 4.74 Å². The van der Waals surface area contributed by atoms with Gasteiger partial charge >= 0.3 is 0 Å². The lowest BCUT2D eigenvalue weighted by Crippen LogP contribution is -2.22. The van der Waals surface area contributed by atoms with Gasteiger partial charge in [0.2, 0.25) is 0 Å². The standard InChI is InChI=1S/C10H12BrO/c1-10(2,3)12-9-6-4-8(11)5-7-9/h4-6H,1-3H3. The van der Waals surface area contributed by atoms with Gasteiger partial charge in [-0.1, -0.05) is 15.9 Å². The van der Waals surface area contributed by atoms with E-state index < -0.39 is 0 Å². The summed E-state index contributed by atoms with van der Waals surface area (Å²) in [5.74, 6) is 0.783. The summed E-state index contributed by atoms with van der Waals surface area (Å²) < 4.78 is 6.60. The van der Waals surface area contributed by atoms with Crippen LogP contribution < -0.4 is 4.74 Å². The number of benzene rings is 1. The van der Waals surface area contributed by atoms with Crippen molar-refractivity contribution in [1.82, 2.24) is 0 Å². The molecule has 0 aliphatic rings. The van der Waals surface area contributed by atoms with Crippen LogP contribution in [0.5, 0.6) is 5.75 Å². The highest BCUT2D eigenvalue weighted by Crippen LogP contribution is 2.19. The Balaban J connectivity index is 2.71. The molecule has 0 aromatic heterocycles. The van der Waals surface area contributed by atoms with Gasteiger partial charge in [0.1, 0.15) is 11.4 Å². The van der Waals surface area contributed by atoms with Crippen molar-refractivity contribution in [3.63, 3.8) is 0 Å². The van der Waals surface area contributed by atoms with Crippen LogP contribution in [0.2, 0.25) is 0 Å². The molecule has 0 fully saturated rings. The zero-order chi connectivity index (χ0) is 9.19. The van der Waals surface area contributed by atoms with E-state index in [9.17, 15) is 0 Å². The molecule has 0 atom stereocenters. The predicted octanol–water partition coefficient (Wildman–Crippen LogP) is 3.43. The van der Waals surface area contributed by atoms with E-state index in [1.165, 1.54) is 0 Å². The van der Waals surface area contributed by atoms with E-state index in [4.69, 9.17) is 4.74 Å². The number of hydrogen-bond donors (Lipinski definition) is 0. The minimum absolute atomic E-state index is 0.148. The Morgan fingerprint density at radius 1 is 1.33 bits per heavy atom. The lowest BCUT2D eigenvalue weighted by atomic mass is 10.2. The van der Waals surface area contributed by atoms with Crippen molar-refractivity contribution in [3.8, 4) is 5.75 Å². The van der Waals surface area contributed by atoms with Crippen molar-refractivity contribution in [2.45, 2.75) is 26.4 Å². The lowest BCUT2D eigenvalue weighted by molar-refractivity contribution is 0.130. The van der Waals surface area contributed by atoms with E-state index in [2.05, 4.69) is 22.0 Å². The van der Waals surface area contributed by atoms with Crippen molar-refractivity contribution >= 4 is 15.9 Å². The van der Waals surface area contributed by atoms with Gasteiger partial charge in [-0.25, -0.2) is 0 Å². The molecule has 0 saturated carbocycles. The predicted molar refractivity (Wildman–Crippen MR) is 53.4 cm³/mol. The van der Waals surface area contributed by atoms with Crippen LogP contribution in [0.25, 0.3) is 0 Å². The maximum atomic E-state index is 5.58. The molecule has 1 rings (SSSR count). The van der Waals surface area contributed by atoms with E-state index in [0.29, 0.717) is 0 Å². The Morgan fingerprint density at radius 2 is 2.00 bits per heavy atom. The highest BCUT2D eigenvalue weighted by atomic mass is 79.9. The first kappa shape index (κ1) is 9.59. The van der Waals surface area contributed by atoms with Crippen LogP contribution in [0.4, 0.5) is 0 Å². The molecule has 65 valence electrons. The van der Waals surface area contributed by atoms with E-state index >= 15 is 0 Å². The molecular weight excluding hydrogens is 216 g/mol. The second-order valence-electron chi connectivity index (χ2n) is 3.59. The Bertz CT molecular complexity index is 246. The highest BCUT2D eigenvalue weighted by Gasteiger charge is 2.10. The molecule has 1 aromatic carbocycles. The summed E-state index contributed by atoms with van der Waals surface area (Å²) in [5, 5.41) is 0. The SMILES string of the molecule is CC(C)(C)Oc1[c]cc(Br)cc1. The second-order valence-corrected chi connectivity index (χ2v) is 4.50. The number of ether oxygens (including phenoxy) is 1. The fraction of sp³-hybridized carbons (Fsp3) is 0.400. The van der Waals surface area contributed by atoms with E-state index in [0.717, 1.165) is 10.2 Å². The van der Waals surface area contributed by atoms with Crippen LogP contribution >= 0.6 is 15.9 Å². The van der Waals surface area contributed by atoms with E-state index in [-0.39, 0.29) is 5.60 Å². The van der Waals surface area contributed by atoms with Crippen LogP contribution in [0.3, 0.4) is 0 Å². The molecule has 0 unspecified atom stereocenters. The summed E-state index contributed by atoms with van der Waals surface area (Å²) in [6.07, 6.45) is 0. The monoisotopic (exact) mass is 227 g/mol. The molecule has 12 heavy (non-hydrogen) atoms. The van der Waals surface area contributed by atoms with Gasteiger partial charge in [0, 0.05) is 10.5 Å². The first-order valence-corrected chi connectivity index (χ1v) is 4.63. The zero-order valence-electron chi connectivity index (χ0n) is 7.52. The molecule has 0 N–H and O–H groups in total. The van der Waals surface area contributed by atoms with Gasteiger partial charge in [-0.2, -0.15) is 0 Å². The Morgan fingerprint density at radius 3 is 2.42 bits per heavy atom. The van der Waals surface area contributed by atoms with Gasteiger partial charge in [-0.3, -0.25) is 0 Å². The fourth-order valence-electron chi connectivity index (χ4n) is 0.785. The van der Waals surface area contributed by atoms with Crippen molar-refractivity contribution in [1.29, 1.82) is 0 Å². The third-order valence-electron chi connectivity index (χ3n) is 1.16. The van der Waals surface area contributed by atoms with E-state index in [1.807, 2.05) is 39.0 Å². The van der Waals surface area contributed by atoms with Gasteiger partial charge in [0.25, 0.3) is 0 Å². The first-order chi connectivity index (χ1) is 5.47. The molecule has 0 aliphatic carbocycles. The molecular formula is C10H12BrO. The van der Waals surface area contributed by atoms with Crippen LogP contribution in [-0.4, -0.2) is 5.60 Å². The van der Waals surface area contributed by atoms with Crippen LogP contribution in [0.1, 0.15) is 20.8 Å². The van der Waals surface area contributed by atoms with Gasteiger partial charge in [-0.15, -0.1) is 0 Å². The maximum absolute atomic E-state index is 5.58. The highest BCUT2D eigenvalue weighted by molar-refractivity contribution is 9.10. The van der Waals surface area contributed by atoms with Gasteiger partial charge in [0.05, 0.1) is 0 Å². The van der Waals surface area contributed by atoms with Crippen LogP contribution in [0.15, 0.2) is 22.7 Å². The van der Waals surface area contributed by atoms with Crippen molar-refractivity contribution in [2.24, 2.45) is 0 Å². The molecule has 0 bridgehead atoms. The van der Waals surface area contributed by atoms with Gasteiger partial charge in [0.15, 0.2) is 0 Å².